The summed E-state index contributed by atoms with van der Waals surface area (Å²) in [6, 6.07) is 11.7. The molecule has 0 saturated carbocycles. The summed E-state index contributed by atoms with van der Waals surface area (Å²) >= 11 is 0. The van der Waals surface area contributed by atoms with Crippen molar-refractivity contribution in [3.8, 4) is 11.5 Å². The minimum absolute atomic E-state index is 0.00405. The number of piperidine rings is 1. The molecular formula is C29H31F3N3O6S+. The van der Waals surface area contributed by atoms with E-state index in [-0.39, 0.29) is 24.3 Å². The number of pyridine rings is 1. The smallest absolute Gasteiger partial charge is 0.493 e. The topological polar surface area (TPSA) is 106 Å². The zero-order valence-electron chi connectivity index (χ0n) is 22.8. The third-order valence-electron chi connectivity index (χ3n) is 8.29. The van der Waals surface area contributed by atoms with E-state index in [9.17, 15) is 26.4 Å². The summed E-state index contributed by atoms with van der Waals surface area (Å²) in [4.78, 5) is 17.4. The fourth-order valence-electron chi connectivity index (χ4n) is 6.18. The lowest BCUT2D eigenvalue weighted by Crippen LogP contribution is -2.61. The minimum atomic E-state index is -4.72. The number of anilines is 1. The van der Waals surface area contributed by atoms with Crippen LogP contribution in [0.15, 0.2) is 67.0 Å². The molecule has 0 radical (unpaired) electrons. The molecule has 2 aliphatic rings. The lowest BCUT2D eigenvalue weighted by atomic mass is 9.94. The summed E-state index contributed by atoms with van der Waals surface area (Å²) in [6.45, 7) is 1.26. The van der Waals surface area contributed by atoms with Gasteiger partial charge in [0.2, 0.25) is 0 Å². The van der Waals surface area contributed by atoms with Crippen LogP contribution in [0, 0.1) is 0 Å². The fourth-order valence-corrected chi connectivity index (χ4v) is 8.37. The van der Waals surface area contributed by atoms with Crippen LogP contribution in [0.5, 0.6) is 11.5 Å². The molecular weight excluding hydrogens is 575 g/mol. The van der Waals surface area contributed by atoms with Gasteiger partial charge in [0, 0.05) is 50.4 Å². The molecule has 42 heavy (non-hydrogen) atoms. The summed E-state index contributed by atoms with van der Waals surface area (Å²) in [5.41, 5.74) is 0.0780. The molecule has 9 nitrogen and oxygen atoms in total. The maximum absolute atomic E-state index is 14.5. The Balaban J connectivity index is 1.57. The summed E-state index contributed by atoms with van der Waals surface area (Å²) in [5.74, 6) is -0.439. The van der Waals surface area contributed by atoms with Crippen molar-refractivity contribution in [2.24, 2.45) is 0 Å². The van der Waals surface area contributed by atoms with Crippen molar-refractivity contribution < 1.29 is 44.9 Å². The van der Waals surface area contributed by atoms with E-state index < -0.39 is 49.6 Å². The number of nitrogens with zero attached hydrogens (tertiary/aromatic N) is 3. The normalized spacial score (nSPS) is 19.3. The molecule has 2 aromatic carbocycles. The first-order valence-corrected chi connectivity index (χ1v) is 15.1. The SMILES string of the molecule is C[N+](C1CCN(c2ccncc2)CC1)(C1CCOc2ccc(OC(=O)O)cc21)S(=O)(=O)Cc1ccccc1C(F)(F)F. The van der Waals surface area contributed by atoms with E-state index in [4.69, 9.17) is 14.6 Å². The van der Waals surface area contributed by atoms with E-state index in [1.807, 2.05) is 12.1 Å². The van der Waals surface area contributed by atoms with Gasteiger partial charge < -0.3 is 19.5 Å². The quantitative estimate of drug-likeness (QED) is 0.210. The standard InChI is InChI=1S/C29H30F3N3O6S/c1-35(22-10-15-34(16-11-22)21-8-13-33-14-9-21,42(38,39)19-20-4-2-3-5-25(20)29(30,31)32)26-12-17-40-27-7-6-23(18-24(26)27)41-28(36)37/h2-9,13-14,18,22,26H,10-12,15-17,19H2,1H3/p+1. The lowest BCUT2D eigenvalue weighted by Gasteiger charge is -2.49. The summed E-state index contributed by atoms with van der Waals surface area (Å²) in [6.07, 6.45) is -1.72. The number of rotatable bonds is 7. The molecule has 13 heteroatoms. The first kappa shape index (κ1) is 29.6. The van der Waals surface area contributed by atoms with Crippen LogP contribution in [-0.2, 0) is 22.0 Å². The first-order valence-electron chi connectivity index (χ1n) is 13.5. The van der Waals surface area contributed by atoms with Crippen LogP contribution in [0.25, 0.3) is 0 Å². The average molecular weight is 607 g/mol. The zero-order valence-corrected chi connectivity index (χ0v) is 23.6. The van der Waals surface area contributed by atoms with E-state index in [0.717, 1.165) is 11.8 Å². The fraction of sp³-hybridized carbons (Fsp3) is 0.379. The molecule has 3 heterocycles. The van der Waals surface area contributed by atoms with Gasteiger partial charge in [0.25, 0.3) is 0 Å². The molecule has 1 saturated heterocycles. The molecule has 0 amide bonds. The lowest BCUT2D eigenvalue weighted by molar-refractivity contribution is -0.848. The predicted octanol–water partition coefficient (Wildman–Crippen LogP) is 5.63. The number of benzene rings is 2. The van der Waals surface area contributed by atoms with Gasteiger partial charge in [0.1, 0.15) is 29.3 Å². The third-order valence-corrected chi connectivity index (χ3v) is 10.7. The molecule has 5 rings (SSSR count). The second-order valence-electron chi connectivity index (χ2n) is 10.6. The number of alkyl halides is 3. The van der Waals surface area contributed by atoms with Gasteiger partial charge in [-0.05, 0) is 42.0 Å². The second-order valence-corrected chi connectivity index (χ2v) is 12.8. The number of carboxylic acid groups (broad SMARTS) is 1. The van der Waals surface area contributed by atoms with Crippen LogP contribution >= 0.6 is 0 Å². The molecule has 0 bridgehead atoms. The predicted molar refractivity (Wildman–Crippen MR) is 148 cm³/mol. The van der Waals surface area contributed by atoms with Crippen molar-refractivity contribution >= 4 is 21.9 Å². The van der Waals surface area contributed by atoms with Gasteiger partial charge in [-0.3, -0.25) is 4.98 Å². The van der Waals surface area contributed by atoms with E-state index in [1.54, 1.807) is 19.4 Å². The van der Waals surface area contributed by atoms with Gasteiger partial charge in [-0.1, -0.05) is 18.2 Å². The second kappa shape index (κ2) is 11.4. The molecule has 0 spiro atoms. The van der Waals surface area contributed by atoms with Crippen LogP contribution in [-0.4, -0.2) is 61.3 Å². The highest BCUT2D eigenvalue weighted by atomic mass is 32.2. The average Bonchev–Trinajstić information content (AvgIpc) is 2.96. The number of carbonyl (C=O) groups is 1. The van der Waals surface area contributed by atoms with Gasteiger partial charge in [0.15, 0.2) is 0 Å². The van der Waals surface area contributed by atoms with Crippen molar-refractivity contribution in [1.82, 2.24) is 4.98 Å². The largest absolute Gasteiger partial charge is 0.511 e. The van der Waals surface area contributed by atoms with Crippen LogP contribution in [0.2, 0.25) is 0 Å². The number of aromatic nitrogens is 1. The molecule has 1 N–H and O–H groups in total. The van der Waals surface area contributed by atoms with Crippen LogP contribution in [0.4, 0.5) is 23.7 Å². The van der Waals surface area contributed by atoms with Crippen molar-refractivity contribution in [2.75, 3.05) is 31.6 Å². The number of hydrogen-bond donors (Lipinski definition) is 1. The number of hydrogen-bond acceptors (Lipinski definition) is 7. The Bertz CT molecular complexity index is 1550. The Hall–Kier alpha value is -3.84. The molecule has 3 aromatic rings. The molecule has 1 fully saturated rings. The number of sulfonamides is 1. The van der Waals surface area contributed by atoms with Gasteiger partial charge >= 0.3 is 22.4 Å². The van der Waals surface area contributed by atoms with Gasteiger partial charge in [-0.25, -0.2) is 8.68 Å². The van der Waals surface area contributed by atoms with E-state index in [2.05, 4.69) is 9.88 Å². The zero-order chi connectivity index (χ0) is 30.1. The Morgan fingerprint density at radius 3 is 2.45 bits per heavy atom. The van der Waals surface area contributed by atoms with Crippen LogP contribution in [0.1, 0.15) is 42.0 Å². The maximum atomic E-state index is 14.5. The maximum Gasteiger partial charge on any atom is 0.511 e. The first-order chi connectivity index (χ1) is 19.9. The summed E-state index contributed by atoms with van der Waals surface area (Å²) in [7, 11) is -2.75. The van der Waals surface area contributed by atoms with Crippen LogP contribution < -0.4 is 14.4 Å². The van der Waals surface area contributed by atoms with Gasteiger partial charge in [-0.15, -0.1) is 0 Å². The molecule has 1 aromatic heterocycles. The highest BCUT2D eigenvalue weighted by molar-refractivity contribution is 7.85. The monoisotopic (exact) mass is 606 g/mol. The number of halogens is 3. The van der Waals surface area contributed by atoms with E-state index >= 15 is 0 Å². The minimum Gasteiger partial charge on any atom is -0.493 e. The number of quaternary nitrogens is 1. The molecule has 224 valence electrons. The van der Waals surface area contributed by atoms with Crippen molar-refractivity contribution in [3.05, 3.63) is 83.7 Å². The highest BCUT2D eigenvalue weighted by Crippen LogP contribution is 2.47. The number of ether oxygens (including phenoxy) is 2. The Morgan fingerprint density at radius 2 is 1.79 bits per heavy atom. The van der Waals surface area contributed by atoms with Gasteiger partial charge in [-0.2, -0.15) is 21.6 Å². The van der Waals surface area contributed by atoms with Crippen molar-refractivity contribution in [2.45, 2.75) is 43.3 Å². The highest BCUT2D eigenvalue weighted by Gasteiger charge is 2.53. The summed E-state index contributed by atoms with van der Waals surface area (Å²) in [5, 5.41) is 9.15. The van der Waals surface area contributed by atoms with Gasteiger partial charge in [0.05, 0.1) is 24.8 Å². The van der Waals surface area contributed by atoms with E-state index in [1.165, 1.54) is 36.4 Å². The molecule has 2 unspecified atom stereocenters. The molecule has 0 aliphatic carbocycles. The summed E-state index contributed by atoms with van der Waals surface area (Å²) < 4.78 is 80.8. The number of fused-ring (bicyclic) bond motifs is 1. The van der Waals surface area contributed by atoms with Crippen molar-refractivity contribution in [3.63, 3.8) is 0 Å². The Morgan fingerprint density at radius 1 is 1.10 bits per heavy atom. The van der Waals surface area contributed by atoms with E-state index in [0.29, 0.717) is 37.2 Å². The van der Waals surface area contributed by atoms with Crippen LogP contribution in [0.3, 0.4) is 0 Å². The Kier molecular flexibility index (Phi) is 8.08. The van der Waals surface area contributed by atoms with Crippen molar-refractivity contribution in [1.29, 1.82) is 0 Å². The molecule has 2 aliphatic heterocycles. The Labute approximate surface area is 241 Å². The molecule has 2 atom stereocenters. The third kappa shape index (κ3) is 5.75.